The first-order valence-corrected chi connectivity index (χ1v) is 33.5. The lowest BCUT2D eigenvalue weighted by atomic mass is 9.87. The zero-order valence-electron chi connectivity index (χ0n) is 50.8. The zero-order valence-corrected chi connectivity index (χ0v) is 57.3. The first-order chi connectivity index (χ1) is 37.4. The molecule has 0 saturated heterocycles. The lowest BCUT2D eigenvalue weighted by molar-refractivity contribution is -0.597. The second-order valence-electron chi connectivity index (χ2n) is 25.8. The number of hydrogen-bond donors (Lipinski definition) is 0. The summed E-state index contributed by atoms with van der Waals surface area (Å²) in [6.45, 7) is 40.8. The Kier molecular flexibility index (Phi) is 26.9. The second kappa shape index (κ2) is 30.4. The number of benzene rings is 7. The van der Waals surface area contributed by atoms with Gasteiger partial charge in [0.05, 0.1) is 11.3 Å². The van der Waals surface area contributed by atoms with Crippen LogP contribution in [-0.2, 0) is 38.7 Å². The summed E-state index contributed by atoms with van der Waals surface area (Å²) in [7, 11) is -8.63. The fraction of sp³-hybridized carbons (Fsp3) is 0.373. The molecule has 0 amide bonds. The summed E-state index contributed by atoms with van der Waals surface area (Å²) in [4.78, 5) is 0. The van der Waals surface area contributed by atoms with E-state index in [0.717, 1.165) is 18.2 Å². The van der Waals surface area contributed by atoms with Crippen LogP contribution in [0.3, 0.4) is 0 Å². The monoisotopic (exact) mass is 1470 g/mol. The van der Waals surface area contributed by atoms with Gasteiger partial charge in [-0.05, 0) is 157 Å². The fourth-order valence-electron chi connectivity index (χ4n) is 7.31. The van der Waals surface area contributed by atoms with Crippen LogP contribution < -0.4 is 78.3 Å². The summed E-state index contributed by atoms with van der Waals surface area (Å²) in [5, 5.41) is 20.0. The molecule has 0 N–H and O–H groups in total. The van der Waals surface area contributed by atoms with Gasteiger partial charge in [0.15, 0.2) is 21.4 Å². The van der Waals surface area contributed by atoms with E-state index in [9.17, 15) is 40.5 Å². The number of halogens is 10. The molecule has 444 valence electrons. The minimum Gasteiger partial charge on any atom is -0.860 e. The van der Waals surface area contributed by atoms with E-state index >= 15 is 0 Å². The molecule has 7 aromatic rings. The molecule has 82 heavy (non-hydrogen) atoms. The maximum atomic E-state index is 12.1. The van der Waals surface area contributed by atoms with E-state index < -0.39 is 26.3 Å². The van der Waals surface area contributed by atoms with Crippen molar-refractivity contribution in [3.8, 4) is 5.75 Å². The second-order valence-corrected chi connectivity index (χ2v) is 34.8. The molecular weight excluding hydrogens is 1390 g/mol. The van der Waals surface area contributed by atoms with Crippen molar-refractivity contribution in [2.45, 2.75) is 163 Å². The van der Waals surface area contributed by atoms with Gasteiger partial charge in [-0.25, -0.2) is 0 Å². The molecule has 0 aliphatic carbocycles. The molecule has 15 heteroatoms. The van der Waals surface area contributed by atoms with Gasteiger partial charge in [0.2, 0.25) is 0 Å². The standard InChI is InChI=1S/3C20H26I.C7H4BF3O3.BF4/c3*1-19(2,3)15-7-11-17(12-8-15)21-18-13-9-16(10-14-18)20(4,5)6;9-7(10,11)5-2-1-3-6(4-5)14-8(12)13;2-1(3,4)5/h3*7-14H,1-6H3;1-4H;/q3*+1;-2;-1. The summed E-state index contributed by atoms with van der Waals surface area (Å²) < 4.78 is 88.3. The smallest absolute Gasteiger partial charge is 0.673 e. The van der Waals surface area contributed by atoms with Crippen molar-refractivity contribution in [3.05, 3.63) is 230 Å². The average molecular weight is 1470 g/mol. The van der Waals surface area contributed by atoms with Gasteiger partial charge >= 0.3 is 77.0 Å². The van der Waals surface area contributed by atoms with Gasteiger partial charge in [-0.15, -0.1) is 0 Å². The third-order valence-corrected chi connectivity index (χ3v) is 20.4. The Morgan fingerprint density at radius 2 is 0.500 bits per heavy atom. The molecule has 0 aliphatic rings. The summed E-state index contributed by atoms with van der Waals surface area (Å²) in [6, 6.07) is 58.8. The Morgan fingerprint density at radius 1 is 0.317 bits per heavy atom. The molecule has 0 atom stereocenters. The van der Waals surface area contributed by atoms with Crippen LogP contribution in [0.5, 0.6) is 5.75 Å². The van der Waals surface area contributed by atoms with Crippen molar-refractivity contribution >= 4 is 14.6 Å². The molecule has 0 radical (unpaired) electrons. The van der Waals surface area contributed by atoms with Crippen molar-refractivity contribution in [2.75, 3.05) is 0 Å². The third-order valence-electron chi connectivity index (χ3n) is 12.3. The highest BCUT2D eigenvalue weighted by Gasteiger charge is 2.31. The van der Waals surface area contributed by atoms with E-state index in [-0.39, 0.29) is 102 Å². The SMILES string of the molecule is CC(C)(C)c1ccc([I+]c2ccc(C(C)(C)C)cc2)cc1.CC(C)(C)c1ccc([I+]c2ccc(C(C)(C)C)cc2)cc1.CC(C)(C)c1ccc([I+]c2ccc(C(C)(C)C)cc2)cc1.F[B-](F)(F)F.[O-]B([O-])Oc1cccc(C(F)(F)F)c1. The Bertz CT molecular complexity index is 2540. The van der Waals surface area contributed by atoms with Crippen LogP contribution in [0.25, 0.3) is 0 Å². The van der Waals surface area contributed by atoms with Gasteiger partial charge in [0, 0.05) is 0 Å². The van der Waals surface area contributed by atoms with Gasteiger partial charge < -0.3 is 32.0 Å². The van der Waals surface area contributed by atoms with Gasteiger partial charge in [-0.3, -0.25) is 0 Å². The molecule has 0 saturated carbocycles. The lowest BCUT2D eigenvalue weighted by Gasteiger charge is -2.26. The molecule has 7 rings (SSSR count). The molecule has 0 fully saturated rings. The van der Waals surface area contributed by atoms with E-state index in [1.165, 1.54) is 54.8 Å². The van der Waals surface area contributed by atoms with E-state index in [2.05, 4.69) is 275 Å². The number of hydrogen-bond acceptors (Lipinski definition) is 3. The molecule has 3 nitrogen and oxygen atoms in total. The zero-order chi connectivity index (χ0) is 62.3. The van der Waals surface area contributed by atoms with Gasteiger partial charge in [0.25, 0.3) is 0 Å². The Balaban J connectivity index is 0.000000281. The van der Waals surface area contributed by atoms with Crippen LogP contribution in [0.2, 0.25) is 0 Å². The topological polar surface area (TPSA) is 55.3 Å². The molecule has 0 spiro atoms. The van der Waals surface area contributed by atoms with Gasteiger partial charge in [-0.2, -0.15) is 13.2 Å². The van der Waals surface area contributed by atoms with Crippen LogP contribution in [0, 0.1) is 21.4 Å². The van der Waals surface area contributed by atoms with Crippen molar-refractivity contribution in [3.63, 3.8) is 0 Å². The predicted molar refractivity (Wildman–Crippen MR) is 311 cm³/mol. The largest absolute Gasteiger partial charge is 0.860 e. The lowest BCUT2D eigenvalue weighted by Crippen LogP contribution is -3.61. The predicted octanol–water partition coefficient (Wildman–Crippen LogP) is 8.32. The van der Waals surface area contributed by atoms with Gasteiger partial charge in [-0.1, -0.05) is 203 Å². The summed E-state index contributed by atoms with van der Waals surface area (Å²) >= 11 is -0.211. The van der Waals surface area contributed by atoms with Crippen molar-refractivity contribution in [1.29, 1.82) is 0 Å². The van der Waals surface area contributed by atoms with Crippen LogP contribution >= 0.6 is 0 Å². The quantitative estimate of drug-likeness (QED) is 0.0875. The van der Waals surface area contributed by atoms with Gasteiger partial charge in [0.1, 0.15) is 7.32 Å². The highest BCUT2D eigenvalue weighted by Crippen LogP contribution is 2.31. The molecule has 0 aromatic heterocycles. The van der Waals surface area contributed by atoms with E-state index in [4.69, 9.17) is 0 Å². The Hall–Kier alpha value is -3.91. The molecule has 0 unspecified atom stereocenters. The maximum absolute atomic E-state index is 12.1. The minimum absolute atomic E-state index is 0.0703. The highest BCUT2D eigenvalue weighted by atomic mass is 127. The summed E-state index contributed by atoms with van der Waals surface area (Å²) in [5.41, 5.74) is 8.98. The number of alkyl halides is 3. The van der Waals surface area contributed by atoms with Crippen molar-refractivity contribution in [2.24, 2.45) is 0 Å². The van der Waals surface area contributed by atoms with Crippen LogP contribution in [-0.4, -0.2) is 14.6 Å². The third kappa shape index (κ3) is 27.9. The normalized spacial score (nSPS) is 12.2. The van der Waals surface area contributed by atoms with Crippen molar-refractivity contribution in [1.82, 2.24) is 0 Å². The average Bonchev–Trinajstić information content (AvgIpc) is 3.33. The first-order valence-electron chi connectivity index (χ1n) is 27.0. The van der Waals surface area contributed by atoms with Crippen molar-refractivity contribution < 1.29 is 109 Å². The molecule has 7 aromatic carbocycles. The fourth-order valence-corrected chi connectivity index (χ4v) is 13.8. The van der Waals surface area contributed by atoms with Crippen LogP contribution in [0.4, 0.5) is 30.4 Å². The van der Waals surface area contributed by atoms with Crippen LogP contribution in [0.1, 0.15) is 164 Å². The summed E-state index contributed by atoms with van der Waals surface area (Å²) in [6.07, 6.45) is -4.51. The molecular formula is C67H82B2F7I3O3. The van der Waals surface area contributed by atoms with E-state index in [0.29, 0.717) is 6.07 Å². The van der Waals surface area contributed by atoms with E-state index in [1.807, 2.05) is 0 Å². The van der Waals surface area contributed by atoms with E-state index in [1.54, 1.807) is 0 Å². The Morgan fingerprint density at radius 3 is 0.646 bits per heavy atom. The molecule has 0 aliphatic heterocycles. The molecule has 0 heterocycles. The molecule has 0 bridgehead atoms. The first kappa shape index (κ1) is 72.3. The number of rotatable bonds is 8. The Labute approximate surface area is 518 Å². The maximum Gasteiger partial charge on any atom is 0.673 e. The highest BCUT2D eigenvalue weighted by molar-refractivity contribution is 6.50. The summed E-state index contributed by atoms with van der Waals surface area (Å²) in [5.74, 6) is -0.380. The van der Waals surface area contributed by atoms with Crippen LogP contribution in [0.15, 0.2) is 170 Å². The minimum atomic E-state index is -6.00.